The molecule has 0 spiro atoms. The van der Waals surface area contributed by atoms with Crippen LogP contribution in [0.5, 0.6) is 0 Å². The summed E-state index contributed by atoms with van der Waals surface area (Å²) in [7, 11) is 0. The fraction of sp³-hybridized carbons (Fsp3) is 0.545. The van der Waals surface area contributed by atoms with E-state index >= 15 is 0 Å². The summed E-state index contributed by atoms with van der Waals surface area (Å²) in [6.07, 6.45) is 12.4. The minimum Gasteiger partial charge on any atom is -0.367 e. The number of piperidine rings is 1. The van der Waals surface area contributed by atoms with E-state index in [1.54, 1.807) is 18.7 Å². The van der Waals surface area contributed by atoms with Crippen molar-refractivity contribution in [3.05, 3.63) is 42.5 Å². The van der Waals surface area contributed by atoms with E-state index in [9.17, 15) is 4.79 Å². The Morgan fingerprint density at radius 1 is 1.10 bits per heavy atom. The third kappa shape index (κ3) is 6.14. The van der Waals surface area contributed by atoms with Crippen LogP contribution in [0.3, 0.4) is 0 Å². The molecule has 1 aliphatic carbocycles. The highest BCUT2D eigenvalue weighted by atomic mass is 16.1. The van der Waals surface area contributed by atoms with Crippen molar-refractivity contribution >= 4 is 17.5 Å². The van der Waals surface area contributed by atoms with Gasteiger partial charge in [-0.2, -0.15) is 0 Å². The van der Waals surface area contributed by atoms with E-state index < -0.39 is 0 Å². The van der Waals surface area contributed by atoms with Crippen molar-refractivity contribution in [3.8, 4) is 0 Å². The molecule has 29 heavy (non-hydrogen) atoms. The van der Waals surface area contributed by atoms with Gasteiger partial charge in [-0.05, 0) is 62.1 Å². The molecule has 7 heteroatoms. The molecule has 7 nitrogen and oxygen atoms in total. The van der Waals surface area contributed by atoms with Gasteiger partial charge in [0.1, 0.15) is 18.0 Å². The molecule has 0 atom stereocenters. The first-order valence-electron chi connectivity index (χ1n) is 10.8. The Kier molecular flexibility index (Phi) is 6.54. The van der Waals surface area contributed by atoms with Crippen LogP contribution in [0.25, 0.3) is 0 Å². The number of nitrogens with zero attached hydrogens (tertiary/aromatic N) is 4. The number of hydrogen-bond acceptors (Lipinski definition) is 6. The summed E-state index contributed by atoms with van der Waals surface area (Å²) < 4.78 is 0. The van der Waals surface area contributed by atoms with Gasteiger partial charge in [0.25, 0.3) is 0 Å². The van der Waals surface area contributed by atoms with Crippen molar-refractivity contribution in [2.75, 3.05) is 29.9 Å². The number of aromatic nitrogens is 3. The van der Waals surface area contributed by atoms with Crippen LogP contribution in [0.2, 0.25) is 0 Å². The number of hydrogen-bond donors (Lipinski definition) is 2. The van der Waals surface area contributed by atoms with Gasteiger partial charge in [0.05, 0.1) is 0 Å². The Bertz CT molecular complexity index is 787. The van der Waals surface area contributed by atoms with Crippen LogP contribution in [-0.4, -0.2) is 46.5 Å². The molecule has 0 unspecified atom stereocenters. The zero-order chi connectivity index (χ0) is 19.9. The topological polar surface area (TPSA) is 83.0 Å². The predicted molar refractivity (Wildman–Crippen MR) is 114 cm³/mol. The molecule has 2 aromatic heterocycles. The lowest BCUT2D eigenvalue weighted by molar-refractivity contribution is -0.121. The summed E-state index contributed by atoms with van der Waals surface area (Å²) in [5.74, 6) is 2.72. The SMILES string of the molecule is O=C(CCC1CCN(c2cc(NC3CC3)ncn2)CC1)NCCc1ccncc1. The molecule has 0 bridgehead atoms. The van der Waals surface area contributed by atoms with Gasteiger partial charge in [-0.3, -0.25) is 9.78 Å². The van der Waals surface area contributed by atoms with Crippen LogP contribution in [0.1, 0.15) is 44.1 Å². The van der Waals surface area contributed by atoms with Gasteiger partial charge >= 0.3 is 0 Å². The van der Waals surface area contributed by atoms with Gasteiger partial charge < -0.3 is 15.5 Å². The Balaban J connectivity index is 1.14. The van der Waals surface area contributed by atoms with Crippen LogP contribution in [0.4, 0.5) is 11.6 Å². The lowest BCUT2D eigenvalue weighted by atomic mass is 9.92. The average Bonchev–Trinajstić information content (AvgIpc) is 3.58. The normalized spacial score (nSPS) is 17.2. The number of rotatable bonds is 9. The number of amides is 1. The first kappa shape index (κ1) is 19.6. The van der Waals surface area contributed by atoms with Crippen molar-refractivity contribution in [1.29, 1.82) is 0 Å². The Hall–Kier alpha value is -2.70. The summed E-state index contributed by atoms with van der Waals surface area (Å²) >= 11 is 0. The molecule has 2 N–H and O–H groups in total. The van der Waals surface area contributed by atoms with Crippen LogP contribution in [0.15, 0.2) is 36.9 Å². The molecule has 4 rings (SSSR count). The van der Waals surface area contributed by atoms with E-state index in [2.05, 4.69) is 36.6 Å². The van der Waals surface area contributed by atoms with Crippen molar-refractivity contribution in [2.45, 2.75) is 51.0 Å². The van der Waals surface area contributed by atoms with E-state index in [1.807, 2.05) is 12.1 Å². The van der Waals surface area contributed by atoms with Crippen molar-refractivity contribution in [3.63, 3.8) is 0 Å². The molecule has 2 aliphatic rings. The van der Waals surface area contributed by atoms with Gasteiger partial charge in [-0.1, -0.05) is 0 Å². The summed E-state index contributed by atoms with van der Waals surface area (Å²) in [5.41, 5.74) is 1.20. The smallest absolute Gasteiger partial charge is 0.220 e. The van der Waals surface area contributed by atoms with E-state index in [0.29, 0.717) is 24.9 Å². The molecule has 1 aliphatic heterocycles. The minimum atomic E-state index is 0.160. The molecule has 154 valence electrons. The fourth-order valence-electron chi connectivity index (χ4n) is 3.81. The molecule has 1 saturated heterocycles. The standard InChI is InChI=1S/C22H30N6O/c29-22(24-12-7-18-5-10-23-11-6-18)4-1-17-8-13-28(14-9-17)21-15-20(25-16-26-21)27-19-2-3-19/h5-6,10-11,15-17,19H,1-4,7-9,12-14H2,(H,24,29)(H,25,26,27). The average molecular weight is 395 g/mol. The van der Waals surface area contributed by atoms with Crippen molar-refractivity contribution < 1.29 is 4.79 Å². The second-order valence-corrected chi connectivity index (χ2v) is 8.10. The summed E-state index contributed by atoms with van der Waals surface area (Å²) in [6.45, 7) is 2.68. The largest absolute Gasteiger partial charge is 0.367 e. The van der Waals surface area contributed by atoms with E-state index in [1.165, 1.54) is 18.4 Å². The van der Waals surface area contributed by atoms with Crippen molar-refractivity contribution in [2.24, 2.45) is 5.92 Å². The highest BCUT2D eigenvalue weighted by Gasteiger charge is 2.23. The van der Waals surface area contributed by atoms with E-state index in [0.717, 1.165) is 50.4 Å². The Morgan fingerprint density at radius 3 is 2.66 bits per heavy atom. The van der Waals surface area contributed by atoms with Crippen LogP contribution < -0.4 is 15.5 Å². The second kappa shape index (κ2) is 9.67. The van der Waals surface area contributed by atoms with Gasteiger partial charge in [0.2, 0.25) is 5.91 Å². The lowest BCUT2D eigenvalue weighted by Crippen LogP contribution is -2.35. The van der Waals surface area contributed by atoms with Gasteiger partial charge in [0, 0.05) is 50.6 Å². The van der Waals surface area contributed by atoms with Crippen LogP contribution >= 0.6 is 0 Å². The van der Waals surface area contributed by atoms with Gasteiger partial charge in [-0.15, -0.1) is 0 Å². The van der Waals surface area contributed by atoms with Gasteiger partial charge in [-0.25, -0.2) is 9.97 Å². The maximum absolute atomic E-state index is 12.1. The molecular weight excluding hydrogens is 364 g/mol. The second-order valence-electron chi connectivity index (χ2n) is 8.10. The zero-order valence-corrected chi connectivity index (χ0v) is 16.9. The van der Waals surface area contributed by atoms with Crippen LogP contribution in [-0.2, 0) is 11.2 Å². The van der Waals surface area contributed by atoms with Crippen LogP contribution in [0, 0.1) is 5.92 Å². The zero-order valence-electron chi connectivity index (χ0n) is 16.9. The number of nitrogens with one attached hydrogen (secondary N) is 2. The fourth-order valence-corrected chi connectivity index (χ4v) is 3.81. The third-order valence-corrected chi connectivity index (χ3v) is 5.79. The highest BCUT2D eigenvalue weighted by molar-refractivity contribution is 5.75. The Morgan fingerprint density at radius 2 is 1.90 bits per heavy atom. The number of anilines is 2. The van der Waals surface area contributed by atoms with Crippen molar-refractivity contribution in [1.82, 2.24) is 20.3 Å². The number of carbonyl (C=O) groups excluding carboxylic acids is 1. The number of carbonyl (C=O) groups is 1. The third-order valence-electron chi connectivity index (χ3n) is 5.79. The summed E-state index contributed by atoms with van der Waals surface area (Å²) in [6, 6.07) is 6.64. The number of pyridine rings is 1. The molecule has 2 aromatic rings. The first-order valence-corrected chi connectivity index (χ1v) is 10.8. The van der Waals surface area contributed by atoms with E-state index in [4.69, 9.17) is 0 Å². The maximum atomic E-state index is 12.1. The van der Waals surface area contributed by atoms with Gasteiger partial charge in [0.15, 0.2) is 0 Å². The highest BCUT2D eigenvalue weighted by Crippen LogP contribution is 2.27. The monoisotopic (exact) mass is 394 g/mol. The first-order chi connectivity index (χ1) is 14.3. The maximum Gasteiger partial charge on any atom is 0.220 e. The Labute approximate surface area is 172 Å². The quantitative estimate of drug-likeness (QED) is 0.681. The lowest BCUT2D eigenvalue weighted by Gasteiger charge is -2.32. The molecule has 1 amide bonds. The molecule has 0 aromatic carbocycles. The molecule has 3 heterocycles. The molecule has 1 saturated carbocycles. The predicted octanol–water partition coefficient (Wildman–Crippen LogP) is 2.80. The molecule has 0 radical (unpaired) electrons. The minimum absolute atomic E-state index is 0.160. The molecule has 2 fully saturated rings. The molecular formula is C22H30N6O. The summed E-state index contributed by atoms with van der Waals surface area (Å²) in [4.78, 5) is 27.3. The summed E-state index contributed by atoms with van der Waals surface area (Å²) in [5, 5.41) is 6.48. The van der Waals surface area contributed by atoms with E-state index in [-0.39, 0.29) is 5.91 Å².